The molecule has 6 heteroatoms. The zero-order chi connectivity index (χ0) is 19.1. The molecule has 0 spiro atoms. The highest BCUT2D eigenvalue weighted by molar-refractivity contribution is 9.12. The molecular weight excluding hydrogens is 408 g/mol. The average Bonchev–Trinajstić information content (AvgIpc) is 3.18. The van der Waals surface area contributed by atoms with Gasteiger partial charge in [0.15, 0.2) is 0 Å². The molecule has 0 bridgehead atoms. The van der Waals surface area contributed by atoms with Crippen LogP contribution in [0.25, 0.3) is 27.7 Å². The normalized spacial score (nSPS) is 14.2. The summed E-state index contributed by atoms with van der Waals surface area (Å²) < 4.78 is 5.50. The lowest BCUT2D eigenvalue weighted by Crippen LogP contribution is -2.22. The number of aromatic amines is 1. The summed E-state index contributed by atoms with van der Waals surface area (Å²) >= 11 is 3.30. The van der Waals surface area contributed by atoms with E-state index < -0.39 is 11.8 Å². The van der Waals surface area contributed by atoms with Gasteiger partial charge in [-0.05, 0) is 57.7 Å². The number of aryl methyl sites for hydroxylation is 1. The van der Waals surface area contributed by atoms with Crippen molar-refractivity contribution < 1.29 is 14.3 Å². The Balaban J connectivity index is 2.06. The molecule has 2 heterocycles. The Bertz CT molecular complexity index is 1110. The van der Waals surface area contributed by atoms with Crippen molar-refractivity contribution >= 4 is 44.2 Å². The third-order valence-corrected chi connectivity index (χ3v) is 5.56. The topological polar surface area (TPSA) is 71.2 Å². The molecule has 0 saturated heterocycles. The molecule has 0 fully saturated rings. The van der Waals surface area contributed by atoms with Crippen LogP contribution in [0.3, 0.4) is 0 Å². The van der Waals surface area contributed by atoms with Gasteiger partial charge in [0.05, 0.1) is 22.9 Å². The van der Waals surface area contributed by atoms with E-state index >= 15 is 0 Å². The van der Waals surface area contributed by atoms with E-state index in [0.717, 1.165) is 45.5 Å². The van der Waals surface area contributed by atoms with E-state index in [4.69, 9.17) is 4.74 Å². The molecule has 0 atom stereocenters. The maximum Gasteiger partial charge on any atom is 0.265 e. The van der Waals surface area contributed by atoms with Crippen molar-refractivity contribution in [2.24, 2.45) is 0 Å². The third kappa shape index (κ3) is 2.77. The number of imide groups is 1. The second-order valence-electron chi connectivity index (χ2n) is 6.27. The fraction of sp³-hybridized carbons (Fsp3) is 0.143. The average molecular weight is 425 g/mol. The molecule has 136 valence electrons. The molecule has 0 aliphatic carbocycles. The molecule has 0 radical (unpaired) electrons. The Kier molecular flexibility index (Phi) is 4.36. The molecule has 0 saturated carbocycles. The summed E-state index contributed by atoms with van der Waals surface area (Å²) in [6.45, 7) is 2.09. The van der Waals surface area contributed by atoms with Crippen molar-refractivity contribution in [3.8, 4) is 17.0 Å². The van der Waals surface area contributed by atoms with Gasteiger partial charge in [-0.15, -0.1) is 0 Å². The van der Waals surface area contributed by atoms with Crippen molar-refractivity contribution in [1.29, 1.82) is 0 Å². The zero-order valence-corrected chi connectivity index (χ0v) is 16.4. The molecule has 4 rings (SSSR count). The van der Waals surface area contributed by atoms with Crippen LogP contribution in [-0.4, -0.2) is 23.9 Å². The molecule has 1 aliphatic rings. The molecule has 5 nitrogen and oxygen atoms in total. The second kappa shape index (κ2) is 6.70. The van der Waals surface area contributed by atoms with Gasteiger partial charge in [-0.1, -0.05) is 25.1 Å². The van der Waals surface area contributed by atoms with Gasteiger partial charge in [0, 0.05) is 16.5 Å². The van der Waals surface area contributed by atoms with Gasteiger partial charge in [0.1, 0.15) is 5.75 Å². The van der Waals surface area contributed by atoms with Gasteiger partial charge in [-0.2, -0.15) is 0 Å². The van der Waals surface area contributed by atoms with Crippen molar-refractivity contribution in [3.05, 3.63) is 58.1 Å². The van der Waals surface area contributed by atoms with E-state index in [-0.39, 0.29) is 4.48 Å². The highest BCUT2D eigenvalue weighted by Crippen LogP contribution is 2.40. The maximum atomic E-state index is 12.5. The molecular formula is C21H17BrN2O3. The Labute approximate surface area is 164 Å². The Morgan fingerprint density at radius 1 is 1.04 bits per heavy atom. The molecule has 1 aliphatic heterocycles. The Morgan fingerprint density at radius 2 is 1.78 bits per heavy atom. The first-order valence-electron chi connectivity index (χ1n) is 8.59. The SMILES string of the molecule is CCc1cccc2c(C3=C(Br)C(=O)NC3=O)c(-c3ccc(OC)cc3)[nH]c12. The lowest BCUT2D eigenvalue weighted by atomic mass is 9.97. The number of rotatable bonds is 4. The minimum atomic E-state index is -0.420. The number of hydrogen-bond acceptors (Lipinski definition) is 3. The molecule has 2 amide bonds. The van der Waals surface area contributed by atoms with E-state index in [2.05, 4.69) is 39.2 Å². The Hall–Kier alpha value is -2.86. The summed E-state index contributed by atoms with van der Waals surface area (Å²) in [6, 6.07) is 13.6. The molecule has 27 heavy (non-hydrogen) atoms. The number of methoxy groups -OCH3 is 1. The van der Waals surface area contributed by atoms with Gasteiger partial charge < -0.3 is 9.72 Å². The number of amides is 2. The lowest BCUT2D eigenvalue weighted by molar-refractivity contribution is -0.123. The fourth-order valence-electron chi connectivity index (χ4n) is 3.46. The number of para-hydroxylation sites is 1. The van der Waals surface area contributed by atoms with E-state index in [0.29, 0.717) is 5.57 Å². The Morgan fingerprint density at radius 3 is 2.37 bits per heavy atom. The quantitative estimate of drug-likeness (QED) is 0.617. The van der Waals surface area contributed by atoms with Gasteiger partial charge in [0.2, 0.25) is 0 Å². The first kappa shape index (κ1) is 17.5. The number of carbonyl (C=O) groups is 2. The van der Waals surface area contributed by atoms with Crippen molar-refractivity contribution in [1.82, 2.24) is 10.3 Å². The number of fused-ring (bicyclic) bond motifs is 1. The highest BCUT2D eigenvalue weighted by Gasteiger charge is 2.33. The fourth-order valence-corrected chi connectivity index (χ4v) is 3.94. The largest absolute Gasteiger partial charge is 0.497 e. The molecule has 0 unspecified atom stereocenters. The monoisotopic (exact) mass is 424 g/mol. The first-order chi connectivity index (χ1) is 13.0. The number of ether oxygens (including phenoxy) is 1. The van der Waals surface area contributed by atoms with Gasteiger partial charge in [-0.25, -0.2) is 0 Å². The zero-order valence-electron chi connectivity index (χ0n) is 14.9. The van der Waals surface area contributed by atoms with Crippen LogP contribution >= 0.6 is 15.9 Å². The second-order valence-corrected chi connectivity index (χ2v) is 7.06. The molecule has 2 N–H and O–H groups in total. The highest BCUT2D eigenvalue weighted by atomic mass is 79.9. The van der Waals surface area contributed by atoms with Gasteiger partial charge in [-0.3, -0.25) is 14.9 Å². The van der Waals surface area contributed by atoms with E-state index in [1.54, 1.807) is 7.11 Å². The van der Waals surface area contributed by atoms with Crippen LogP contribution in [0, 0.1) is 0 Å². The number of halogens is 1. The number of benzene rings is 2. The summed E-state index contributed by atoms with van der Waals surface area (Å²) in [7, 11) is 1.62. The third-order valence-electron chi connectivity index (χ3n) is 4.80. The van der Waals surface area contributed by atoms with Crippen LogP contribution in [0.2, 0.25) is 0 Å². The van der Waals surface area contributed by atoms with Crippen LogP contribution in [0.4, 0.5) is 0 Å². The summed E-state index contributed by atoms with van der Waals surface area (Å²) in [5.41, 5.74) is 4.90. The summed E-state index contributed by atoms with van der Waals surface area (Å²) in [4.78, 5) is 28.0. The van der Waals surface area contributed by atoms with Crippen molar-refractivity contribution in [3.63, 3.8) is 0 Å². The number of nitrogens with one attached hydrogen (secondary N) is 2. The predicted molar refractivity (Wildman–Crippen MR) is 109 cm³/mol. The van der Waals surface area contributed by atoms with Gasteiger partial charge >= 0.3 is 0 Å². The molecule has 1 aromatic heterocycles. The van der Waals surface area contributed by atoms with Crippen molar-refractivity contribution in [2.45, 2.75) is 13.3 Å². The van der Waals surface area contributed by atoms with Crippen LogP contribution < -0.4 is 10.1 Å². The number of aromatic nitrogens is 1. The van der Waals surface area contributed by atoms with Crippen LogP contribution in [0.5, 0.6) is 5.75 Å². The predicted octanol–water partition coefficient (Wildman–Crippen LogP) is 4.17. The molecule has 3 aromatic rings. The first-order valence-corrected chi connectivity index (χ1v) is 9.38. The van der Waals surface area contributed by atoms with E-state index in [9.17, 15) is 9.59 Å². The van der Waals surface area contributed by atoms with Gasteiger partial charge in [0.25, 0.3) is 11.8 Å². The minimum absolute atomic E-state index is 0.255. The maximum absolute atomic E-state index is 12.5. The van der Waals surface area contributed by atoms with Crippen LogP contribution in [0.15, 0.2) is 46.9 Å². The summed E-state index contributed by atoms with van der Waals surface area (Å²) in [6.07, 6.45) is 0.852. The van der Waals surface area contributed by atoms with Crippen LogP contribution in [-0.2, 0) is 16.0 Å². The standard InChI is InChI=1S/C21H17BrN2O3/c1-3-11-5-4-6-14-15(16-17(22)21(26)24-20(16)25)19(23-18(11)14)12-7-9-13(27-2)10-8-12/h4-10,23H,3H2,1-2H3,(H,24,25,26). The summed E-state index contributed by atoms with van der Waals surface area (Å²) in [5.74, 6) is -0.0686. The smallest absolute Gasteiger partial charge is 0.265 e. The summed E-state index contributed by atoms with van der Waals surface area (Å²) in [5, 5.41) is 3.28. The lowest BCUT2D eigenvalue weighted by Gasteiger charge is -2.07. The van der Waals surface area contributed by atoms with Crippen molar-refractivity contribution in [2.75, 3.05) is 7.11 Å². The van der Waals surface area contributed by atoms with E-state index in [1.807, 2.05) is 36.4 Å². The number of carbonyl (C=O) groups excluding carboxylic acids is 2. The molecule has 2 aromatic carbocycles. The van der Waals surface area contributed by atoms with Crippen LogP contribution in [0.1, 0.15) is 18.1 Å². The number of H-pyrrole nitrogens is 1. The minimum Gasteiger partial charge on any atom is -0.497 e. The number of hydrogen-bond donors (Lipinski definition) is 2. The van der Waals surface area contributed by atoms with E-state index in [1.165, 1.54) is 0 Å².